The Labute approximate surface area is 90.9 Å². The van der Waals surface area contributed by atoms with Crippen LogP contribution >= 0.6 is 0 Å². The highest BCUT2D eigenvalue weighted by Crippen LogP contribution is 2.20. The van der Waals surface area contributed by atoms with Crippen LogP contribution in [0.15, 0.2) is 30.3 Å². The first-order valence-corrected chi connectivity index (χ1v) is 5.65. The molecule has 0 unspecified atom stereocenters. The van der Waals surface area contributed by atoms with Crippen LogP contribution in [0.3, 0.4) is 0 Å². The lowest BCUT2D eigenvalue weighted by Crippen LogP contribution is -2.28. The molecular formula is C13H17NO. The molecule has 1 aliphatic heterocycles. The average molecular weight is 203 g/mol. The van der Waals surface area contributed by atoms with E-state index < -0.39 is 0 Å². The average Bonchev–Trinajstić information content (AvgIpc) is 2.78. The molecular weight excluding hydrogens is 186 g/mol. The minimum Gasteiger partial charge on any atom is -0.338 e. The van der Waals surface area contributed by atoms with Gasteiger partial charge in [-0.25, -0.2) is 0 Å². The van der Waals surface area contributed by atoms with E-state index in [9.17, 15) is 4.79 Å². The Morgan fingerprint density at radius 2 is 2.13 bits per heavy atom. The number of carbonyl (C=O) groups is 1. The Kier molecular flexibility index (Phi) is 3.05. The molecule has 0 N–H and O–H groups in total. The molecule has 80 valence electrons. The van der Waals surface area contributed by atoms with Gasteiger partial charge in [0.25, 0.3) is 5.91 Å². The molecule has 2 heteroatoms. The van der Waals surface area contributed by atoms with Gasteiger partial charge in [-0.3, -0.25) is 4.79 Å². The molecule has 1 fully saturated rings. The van der Waals surface area contributed by atoms with E-state index in [1.54, 1.807) is 0 Å². The summed E-state index contributed by atoms with van der Waals surface area (Å²) in [6.45, 7) is 4.05. The van der Waals surface area contributed by atoms with Crippen molar-refractivity contribution in [2.24, 2.45) is 5.92 Å². The van der Waals surface area contributed by atoms with Gasteiger partial charge in [-0.15, -0.1) is 0 Å². The monoisotopic (exact) mass is 203 g/mol. The third kappa shape index (κ3) is 2.20. The van der Waals surface area contributed by atoms with Gasteiger partial charge < -0.3 is 4.90 Å². The number of carbonyl (C=O) groups excluding carboxylic acids is 1. The maximum atomic E-state index is 12.0. The number of amides is 1. The molecule has 0 spiro atoms. The van der Waals surface area contributed by atoms with Gasteiger partial charge in [0.2, 0.25) is 0 Å². The summed E-state index contributed by atoms with van der Waals surface area (Å²) >= 11 is 0. The van der Waals surface area contributed by atoms with Crippen molar-refractivity contribution in [1.29, 1.82) is 0 Å². The third-order valence-electron chi connectivity index (χ3n) is 3.17. The van der Waals surface area contributed by atoms with Crippen LogP contribution in [0.1, 0.15) is 30.1 Å². The highest BCUT2D eigenvalue weighted by molar-refractivity contribution is 5.94. The molecule has 1 aromatic carbocycles. The summed E-state index contributed by atoms with van der Waals surface area (Å²) in [6.07, 6.45) is 2.34. The van der Waals surface area contributed by atoms with Crippen LogP contribution in [-0.4, -0.2) is 23.9 Å². The van der Waals surface area contributed by atoms with E-state index in [4.69, 9.17) is 0 Å². The Morgan fingerprint density at radius 3 is 2.73 bits per heavy atom. The number of hydrogen-bond donors (Lipinski definition) is 0. The van der Waals surface area contributed by atoms with Gasteiger partial charge in [0.05, 0.1) is 0 Å². The molecule has 2 nitrogen and oxygen atoms in total. The molecule has 0 aliphatic carbocycles. The third-order valence-corrected chi connectivity index (χ3v) is 3.17. The predicted octanol–water partition coefficient (Wildman–Crippen LogP) is 2.56. The van der Waals surface area contributed by atoms with Crippen LogP contribution < -0.4 is 0 Å². The van der Waals surface area contributed by atoms with E-state index in [0.29, 0.717) is 5.92 Å². The standard InChI is InChI=1S/C13H17NO/c1-2-11-8-9-14(10-11)13(15)12-6-4-3-5-7-12/h3-7,11H,2,8-10H2,1H3/t11-/m0/s1. The molecule has 0 bridgehead atoms. The Morgan fingerprint density at radius 1 is 1.40 bits per heavy atom. The van der Waals surface area contributed by atoms with Crippen molar-refractivity contribution >= 4 is 5.91 Å². The van der Waals surface area contributed by atoms with E-state index in [1.807, 2.05) is 35.2 Å². The van der Waals surface area contributed by atoms with Crippen LogP contribution in [0.2, 0.25) is 0 Å². The minimum atomic E-state index is 0.187. The highest BCUT2D eigenvalue weighted by atomic mass is 16.2. The molecule has 1 aromatic rings. The second-order valence-corrected chi connectivity index (χ2v) is 4.18. The lowest BCUT2D eigenvalue weighted by molar-refractivity contribution is 0.0787. The molecule has 0 saturated carbocycles. The lowest BCUT2D eigenvalue weighted by atomic mass is 10.1. The van der Waals surface area contributed by atoms with Crippen molar-refractivity contribution in [1.82, 2.24) is 4.90 Å². The van der Waals surface area contributed by atoms with E-state index in [1.165, 1.54) is 6.42 Å². The first-order chi connectivity index (χ1) is 7.31. The van der Waals surface area contributed by atoms with Gasteiger partial charge >= 0.3 is 0 Å². The van der Waals surface area contributed by atoms with Gasteiger partial charge in [0.1, 0.15) is 0 Å². The van der Waals surface area contributed by atoms with E-state index in [0.717, 1.165) is 25.1 Å². The van der Waals surface area contributed by atoms with E-state index in [-0.39, 0.29) is 5.91 Å². The SMILES string of the molecule is CC[C@H]1CCN(C(=O)c2ccccc2)C1. The maximum Gasteiger partial charge on any atom is 0.253 e. The summed E-state index contributed by atoms with van der Waals surface area (Å²) in [6, 6.07) is 9.56. The van der Waals surface area contributed by atoms with Crippen LogP contribution in [0.25, 0.3) is 0 Å². The summed E-state index contributed by atoms with van der Waals surface area (Å²) in [5.41, 5.74) is 0.814. The summed E-state index contributed by atoms with van der Waals surface area (Å²) in [7, 11) is 0. The predicted molar refractivity (Wildman–Crippen MR) is 60.7 cm³/mol. The van der Waals surface area contributed by atoms with E-state index in [2.05, 4.69) is 6.92 Å². The fraction of sp³-hybridized carbons (Fsp3) is 0.462. The normalized spacial score (nSPS) is 20.6. The van der Waals surface area contributed by atoms with Crippen LogP contribution in [0.4, 0.5) is 0 Å². The number of rotatable bonds is 2. The van der Waals surface area contributed by atoms with Crippen molar-refractivity contribution in [2.45, 2.75) is 19.8 Å². The van der Waals surface area contributed by atoms with Gasteiger partial charge in [0.15, 0.2) is 0 Å². The fourth-order valence-corrected chi connectivity index (χ4v) is 2.11. The lowest BCUT2D eigenvalue weighted by Gasteiger charge is -2.16. The first kappa shape index (κ1) is 10.2. The number of likely N-dealkylation sites (tertiary alicyclic amines) is 1. The summed E-state index contributed by atoms with van der Waals surface area (Å²) in [5, 5.41) is 0. The topological polar surface area (TPSA) is 20.3 Å². The van der Waals surface area contributed by atoms with Crippen LogP contribution in [0, 0.1) is 5.92 Å². The molecule has 15 heavy (non-hydrogen) atoms. The summed E-state index contributed by atoms with van der Waals surface area (Å²) < 4.78 is 0. The zero-order valence-corrected chi connectivity index (χ0v) is 9.15. The number of benzene rings is 1. The Bertz CT molecular complexity index is 334. The first-order valence-electron chi connectivity index (χ1n) is 5.65. The smallest absolute Gasteiger partial charge is 0.253 e. The van der Waals surface area contributed by atoms with Gasteiger partial charge in [-0.1, -0.05) is 31.5 Å². The zero-order valence-electron chi connectivity index (χ0n) is 9.15. The summed E-state index contributed by atoms with van der Waals surface area (Å²) in [5.74, 6) is 0.893. The molecule has 1 heterocycles. The molecule has 0 radical (unpaired) electrons. The second-order valence-electron chi connectivity index (χ2n) is 4.18. The fourth-order valence-electron chi connectivity index (χ4n) is 2.11. The van der Waals surface area contributed by atoms with Crippen molar-refractivity contribution in [3.63, 3.8) is 0 Å². The molecule has 1 saturated heterocycles. The van der Waals surface area contributed by atoms with Crippen molar-refractivity contribution < 1.29 is 4.79 Å². The van der Waals surface area contributed by atoms with Gasteiger partial charge in [-0.05, 0) is 24.5 Å². The van der Waals surface area contributed by atoms with E-state index >= 15 is 0 Å². The van der Waals surface area contributed by atoms with Gasteiger partial charge in [-0.2, -0.15) is 0 Å². The van der Waals surface area contributed by atoms with Crippen LogP contribution in [0.5, 0.6) is 0 Å². The summed E-state index contributed by atoms with van der Waals surface area (Å²) in [4.78, 5) is 14.0. The molecule has 1 atom stereocenters. The second kappa shape index (κ2) is 4.47. The van der Waals surface area contributed by atoms with Crippen molar-refractivity contribution in [3.8, 4) is 0 Å². The Balaban J connectivity index is 2.04. The van der Waals surface area contributed by atoms with Gasteiger partial charge in [0, 0.05) is 18.7 Å². The molecule has 2 rings (SSSR count). The largest absolute Gasteiger partial charge is 0.338 e. The maximum absolute atomic E-state index is 12.0. The number of nitrogens with zero attached hydrogens (tertiary/aromatic N) is 1. The molecule has 0 aromatic heterocycles. The Hall–Kier alpha value is -1.31. The highest BCUT2D eigenvalue weighted by Gasteiger charge is 2.25. The van der Waals surface area contributed by atoms with Crippen LogP contribution in [-0.2, 0) is 0 Å². The van der Waals surface area contributed by atoms with Crippen molar-refractivity contribution in [2.75, 3.05) is 13.1 Å². The number of hydrogen-bond acceptors (Lipinski definition) is 1. The molecule has 1 aliphatic rings. The zero-order chi connectivity index (χ0) is 10.7. The van der Waals surface area contributed by atoms with Crippen molar-refractivity contribution in [3.05, 3.63) is 35.9 Å². The molecule has 1 amide bonds. The minimum absolute atomic E-state index is 0.187. The quantitative estimate of drug-likeness (QED) is 0.723.